The van der Waals surface area contributed by atoms with Gasteiger partial charge >= 0.3 is 0 Å². The van der Waals surface area contributed by atoms with Crippen molar-refractivity contribution in [3.05, 3.63) is 35.4 Å². The molecule has 152 valence electrons. The highest BCUT2D eigenvalue weighted by Crippen LogP contribution is 2.17. The number of H-pyrrole nitrogens is 1. The molecule has 10 nitrogen and oxygen atoms in total. The van der Waals surface area contributed by atoms with E-state index in [-0.39, 0.29) is 12.4 Å². The third-order valence-electron chi connectivity index (χ3n) is 4.54. The summed E-state index contributed by atoms with van der Waals surface area (Å²) in [5.74, 6) is 2.15. The molecule has 10 heteroatoms. The summed E-state index contributed by atoms with van der Waals surface area (Å²) in [5.41, 5.74) is 1.18. The third-order valence-corrected chi connectivity index (χ3v) is 4.54. The van der Waals surface area contributed by atoms with Crippen LogP contribution in [-0.2, 0) is 17.8 Å². The van der Waals surface area contributed by atoms with Gasteiger partial charge in [-0.15, -0.1) is 0 Å². The number of likely N-dealkylation sites (tertiary alicyclic amines) is 1. The highest BCUT2D eigenvalue weighted by Gasteiger charge is 2.21. The lowest BCUT2D eigenvalue weighted by Crippen LogP contribution is -2.38. The normalized spacial score (nSPS) is 14.8. The van der Waals surface area contributed by atoms with Crippen LogP contribution in [0, 0.1) is 12.8 Å². The van der Waals surface area contributed by atoms with Gasteiger partial charge in [0.25, 0.3) is 12.4 Å². The van der Waals surface area contributed by atoms with Gasteiger partial charge in [-0.05, 0) is 38.8 Å². The Morgan fingerprint density at radius 2 is 2.07 bits per heavy atom. The molecule has 2 aromatic rings. The van der Waals surface area contributed by atoms with Gasteiger partial charge in [-0.3, -0.25) is 24.6 Å². The van der Waals surface area contributed by atoms with E-state index in [1.54, 1.807) is 6.20 Å². The zero-order valence-corrected chi connectivity index (χ0v) is 16.3. The fourth-order valence-corrected chi connectivity index (χ4v) is 2.96. The van der Waals surface area contributed by atoms with E-state index < -0.39 is 0 Å². The summed E-state index contributed by atoms with van der Waals surface area (Å²) in [7, 11) is 0. The molecule has 1 aliphatic rings. The van der Waals surface area contributed by atoms with Crippen LogP contribution >= 0.6 is 0 Å². The van der Waals surface area contributed by atoms with Crippen LogP contribution in [0.3, 0.4) is 0 Å². The monoisotopic (exact) mass is 389 g/mol. The highest BCUT2D eigenvalue weighted by atomic mass is 16.3. The van der Waals surface area contributed by atoms with Crippen molar-refractivity contribution in [3.8, 4) is 0 Å². The molecular weight excluding hydrogens is 362 g/mol. The number of carbonyl (C=O) groups excluding carboxylic acids is 1. The number of carboxylic acid groups (broad SMARTS) is 1. The van der Waals surface area contributed by atoms with Crippen LogP contribution in [0.15, 0.2) is 12.4 Å². The number of aromatic amines is 1. The lowest BCUT2D eigenvalue weighted by atomic mass is 9.97. The fourth-order valence-electron chi connectivity index (χ4n) is 2.96. The van der Waals surface area contributed by atoms with Crippen LogP contribution in [0.25, 0.3) is 0 Å². The van der Waals surface area contributed by atoms with Crippen molar-refractivity contribution >= 4 is 12.4 Å². The summed E-state index contributed by atoms with van der Waals surface area (Å²) in [6.45, 7) is 7.16. The Balaban J connectivity index is 0.000000878. The Labute approximate surface area is 163 Å². The molecule has 0 bridgehead atoms. The molecule has 0 atom stereocenters. The summed E-state index contributed by atoms with van der Waals surface area (Å²) in [6.07, 6.45) is 6.11. The molecule has 0 saturated carbocycles. The summed E-state index contributed by atoms with van der Waals surface area (Å²) in [6, 6.07) is 0. The minimum Gasteiger partial charge on any atom is -0.483 e. The van der Waals surface area contributed by atoms with Crippen LogP contribution < -0.4 is 5.32 Å². The molecule has 28 heavy (non-hydrogen) atoms. The average Bonchev–Trinajstić information content (AvgIpc) is 3.16. The van der Waals surface area contributed by atoms with Crippen molar-refractivity contribution in [2.24, 2.45) is 5.92 Å². The van der Waals surface area contributed by atoms with Crippen molar-refractivity contribution in [1.82, 2.24) is 35.4 Å². The van der Waals surface area contributed by atoms with Gasteiger partial charge in [0.15, 0.2) is 0 Å². The number of nitrogens with zero attached hydrogens (tertiary/aromatic N) is 5. The van der Waals surface area contributed by atoms with Crippen molar-refractivity contribution in [3.63, 3.8) is 0 Å². The Hall–Kier alpha value is -2.88. The molecule has 0 spiro atoms. The molecule has 0 aliphatic carbocycles. The van der Waals surface area contributed by atoms with Gasteiger partial charge in [-0.25, -0.2) is 9.97 Å². The first-order valence-corrected chi connectivity index (χ1v) is 9.32. The molecule has 3 heterocycles. The fraction of sp³-hybridized carbons (Fsp3) is 0.556. The van der Waals surface area contributed by atoms with Gasteiger partial charge in [-0.2, -0.15) is 5.10 Å². The van der Waals surface area contributed by atoms with E-state index in [0.717, 1.165) is 56.2 Å². The molecule has 1 aliphatic heterocycles. The quantitative estimate of drug-likeness (QED) is 0.617. The Morgan fingerprint density at radius 1 is 1.36 bits per heavy atom. The second-order valence-electron chi connectivity index (χ2n) is 6.63. The number of piperidine rings is 1. The summed E-state index contributed by atoms with van der Waals surface area (Å²) in [4.78, 5) is 35.5. The minimum atomic E-state index is -0.250. The highest BCUT2D eigenvalue weighted by molar-refractivity contribution is 5.91. The minimum absolute atomic E-state index is 0.149. The SMILES string of the molecule is CCc1n[nH]c(CN2CCC(CNC(=O)c3cnc(C)cn3)CC2)n1.O=CO. The van der Waals surface area contributed by atoms with E-state index in [2.05, 4.69) is 42.3 Å². The van der Waals surface area contributed by atoms with E-state index in [1.807, 2.05) is 6.92 Å². The molecule has 0 radical (unpaired) electrons. The molecule has 1 fully saturated rings. The number of hydrogen-bond acceptors (Lipinski definition) is 7. The number of aryl methyl sites for hydroxylation is 2. The predicted octanol–water partition coefficient (Wildman–Crippen LogP) is 0.808. The largest absolute Gasteiger partial charge is 0.483 e. The molecule has 3 N–H and O–H groups in total. The molecule has 0 unspecified atom stereocenters. The van der Waals surface area contributed by atoms with Crippen LogP contribution in [0.5, 0.6) is 0 Å². The molecule has 1 amide bonds. The second-order valence-corrected chi connectivity index (χ2v) is 6.63. The van der Waals surface area contributed by atoms with Crippen molar-refractivity contribution < 1.29 is 14.7 Å². The van der Waals surface area contributed by atoms with E-state index in [0.29, 0.717) is 18.2 Å². The maximum absolute atomic E-state index is 12.1. The van der Waals surface area contributed by atoms with Gasteiger partial charge in [0.1, 0.15) is 17.3 Å². The van der Waals surface area contributed by atoms with E-state index in [9.17, 15) is 4.79 Å². The standard InChI is InChI=1S/C17H25N7O.CH2O2/c1-3-15-21-16(23-22-15)11-24-6-4-13(5-7-24)9-20-17(25)14-10-18-12(2)8-19-14;2-1-3/h8,10,13H,3-7,9,11H2,1-2H3,(H,20,25)(H,21,22,23);1H,(H,2,3). The predicted molar refractivity (Wildman–Crippen MR) is 102 cm³/mol. The van der Waals surface area contributed by atoms with E-state index >= 15 is 0 Å². The Morgan fingerprint density at radius 3 is 2.64 bits per heavy atom. The molecule has 2 aromatic heterocycles. The maximum Gasteiger partial charge on any atom is 0.290 e. The summed E-state index contributed by atoms with van der Waals surface area (Å²) >= 11 is 0. The van der Waals surface area contributed by atoms with Crippen molar-refractivity contribution in [1.29, 1.82) is 0 Å². The Kier molecular flexibility index (Phi) is 8.47. The van der Waals surface area contributed by atoms with Crippen molar-refractivity contribution in [2.45, 2.75) is 39.7 Å². The molecule has 3 rings (SSSR count). The molecule has 0 aromatic carbocycles. The number of nitrogens with one attached hydrogen (secondary N) is 2. The average molecular weight is 389 g/mol. The van der Waals surface area contributed by atoms with Crippen LogP contribution in [0.4, 0.5) is 0 Å². The second kappa shape index (κ2) is 11.1. The summed E-state index contributed by atoms with van der Waals surface area (Å²) in [5, 5.41) is 17.0. The Bertz CT molecular complexity index is 740. The number of carbonyl (C=O) groups is 2. The van der Waals surface area contributed by atoms with Gasteiger partial charge in [0.05, 0.1) is 18.4 Å². The molecular formula is C18H27N7O3. The van der Waals surface area contributed by atoms with Gasteiger partial charge in [-0.1, -0.05) is 6.92 Å². The van der Waals surface area contributed by atoms with Gasteiger partial charge < -0.3 is 10.4 Å². The zero-order chi connectivity index (χ0) is 20.4. The lowest BCUT2D eigenvalue weighted by molar-refractivity contribution is -0.122. The van der Waals surface area contributed by atoms with Crippen LogP contribution in [0.2, 0.25) is 0 Å². The first kappa shape index (κ1) is 21.4. The van der Waals surface area contributed by atoms with Crippen molar-refractivity contribution in [2.75, 3.05) is 19.6 Å². The first-order valence-electron chi connectivity index (χ1n) is 9.32. The van der Waals surface area contributed by atoms with Gasteiger partial charge in [0.2, 0.25) is 0 Å². The number of amides is 1. The van der Waals surface area contributed by atoms with E-state index in [4.69, 9.17) is 9.90 Å². The maximum atomic E-state index is 12.1. The molecule has 1 saturated heterocycles. The topological polar surface area (TPSA) is 137 Å². The smallest absolute Gasteiger partial charge is 0.290 e. The first-order chi connectivity index (χ1) is 13.5. The lowest BCUT2D eigenvalue weighted by Gasteiger charge is -2.31. The summed E-state index contributed by atoms with van der Waals surface area (Å²) < 4.78 is 0. The zero-order valence-electron chi connectivity index (χ0n) is 16.3. The number of hydrogen-bond donors (Lipinski definition) is 3. The van der Waals surface area contributed by atoms with Crippen LogP contribution in [0.1, 0.15) is 47.6 Å². The third kappa shape index (κ3) is 6.69. The van der Waals surface area contributed by atoms with E-state index in [1.165, 1.54) is 6.20 Å². The number of aromatic nitrogens is 5. The van der Waals surface area contributed by atoms with Gasteiger partial charge in [0, 0.05) is 19.2 Å². The van der Waals surface area contributed by atoms with Crippen LogP contribution in [-0.4, -0.2) is 67.2 Å². The number of rotatable bonds is 6.